The van der Waals surface area contributed by atoms with Gasteiger partial charge in [0, 0.05) is 0 Å². The lowest BCUT2D eigenvalue weighted by Crippen LogP contribution is -2.16. The lowest BCUT2D eigenvalue weighted by molar-refractivity contribution is 0.0696. The van der Waals surface area contributed by atoms with E-state index < -0.39 is 21.8 Å². The summed E-state index contributed by atoms with van der Waals surface area (Å²) in [5.74, 6) is -1.82. The second-order valence-corrected chi connectivity index (χ2v) is 6.45. The van der Waals surface area contributed by atoms with E-state index in [1.165, 1.54) is 37.3 Å². The van der Waals surface area contributed by atoms with Gasteiger partial charge in [0.1, 0.15) is 5.82 Å². The average molecular weight is 323 g/mol. The quantitative estimate of drug-likeness (QED) is 0.906. The van der Waals surface area contributed by atoms with Gasteiger partial charge in [-0.1, -0.05) is 12.1 Å². The first-order valence-electron chi connectivity index (χ1n) is 6.34. The number of carboxylic acids is 1. The van der Waals surface area contributed by atoms with E-state index in [-0.39, 0.29) is 21.7 Å². The summed E-state index contributed by atoms with van der Waals surface area (Å²) in [7, 11) is -4.01. The Balaban J connectivity index is 2.48. The van der Waals surface area contributed by atoms with Crippen molar-refractivity contribution in [2.45, 2.75) is 18.7 Å². The number of hydrogen-bond acceptors (Lipinski definition) is 3. The van der Waals surface area contributed by atoms with Gasteiger partial charge in [0.2, 0.25) is 0 Å². The van der Waals surface area contributed by atoms with Crippen molar-refractivity contribution < 1.29 is 22.7 Å². The van der Waals surface area contributed by atoms with E-state index in [1.54, 1.807) is 6.92 Å². The number of aryl methyl sites for hydroxylation is 1. The summed E-state index contributed by atoms with van der Waals surface area (Å²) in [4.78, 5) is 10.9. The number of aromatic carboxylic acids is 1. The molecule has 0 aliphatic rings. The van der Waals surface area contributed by atoms with Gasteiger partial charge in [-0.25, -0.2) is 17.6 Å². The van der Waals surface area contributed by atoms with Gasteiger partial charge in [0.15, 0.2) is 0 Å². The molecule has 2 aromatic carbocycles. The van der Waals surface area contributed by atoms with Gasteiger partial charge in [-0.2, -0.15) is 0 Å². The molecule has 5 nitrogen and oxygen atoms in total. The summed E-state index contributed by atoms with van der Waals surface area (Å²) in [6, 6.07) is 7.73. The van der Waals surface area contributed by atoms with Gasteiger partial charge in [0.05, 0.1) is 16.1 Å². The maximum Gasteiger partial charge on any atom is 0.336 e. The summed E-state index contributed by atoms with van der Waals surface area (Å²) in [5.41, 5.74) is 0.813. The second kappa shape index (κ2) is 5.76. The first-order chi connectivity index (χ1) is 10.2. The van der Waals surface area contributed by atoms with Crippen LogP contribution in [0.15, 0.2) is 41.3 Å². The molecule has 0 bridgehead atoms. The van der Waals surface area contributed by atoms with Crippen LogP contribution in [-0.2, 0) is 10.0 Å². The van der Waals surface area contributed by atoms with Crippen LogP contribution in [0.4, 0.5) is 10.1 Å². The molecule has 22 heavy (non-hydrogen) atoms. The molecular weight excluding hydrogens is 309 g/mol. The Labute approximate surface area is 127 Å². The van der Waals surface area contributed by atoms with Crippen LogP contribution in [0.1, 0.15) is 21.5 Å². The molecule has 0 saturated heterocycles. The highest BCUT2D eigenvalue weighted by Crippen LogP contribution is 2.24. The van der Waals surface area contributed by atoms with Crippen molar-refractivity contribution in [3.63, 3.8) is 0 Å². The maximum atomic E-state index is 13.3. The molecule has 0 heterocycles. The Morgan fingerprint density at radius 2 is 1.86 bits per heavy atom. The monoisotopic (exact) mass is 323 g/mol. The molecule has 2 rings (SSSR count). The number of rotatable bonds is 4. The lowest BCUT2D eigenvalue weighted by atomic mass is 10.1. The molecule has 0 aliphatic carbocycles. The van der Waals surface area contributed by atoms with Gasteiger partial charge < -0.3 is 5.11 Å². The zero-order chi connectivity index (χ0) is 16.5. The van der Waals surface area contributed by atoms with Crippen molar-refractivity contribution in [3.05, 3.63) is 58.9 Å². The Morgan fingerprint density at radius 3 is 2.50 bits per heavy atom. The number of anilines is 1. The molecule has 0 saturated carbocycles. The van der Waals surface area contributed by atoms with Crippen molar-refractivity contribution in [2.24, 2.45) is 0 Å². The normalized spacial score (nSPS) is 11.2. The van der Waals surface area contributed by atoms with Crippen LogP contribution in [0.2, 0.25) is 0 Å². The van der Waals surface area contributed by atoms with Crippen LogP contribution >= 0.6 is 0 Å². The smallest absolute Gasteiger partial charge is 0.336 e. The van der Waals surface area contributed by atoms with Crippen LogP contribution in [-0.4, -0.2) is 19.5 Å². The van der Waals surface area contributed by atoms with E-state index >= 15 is 0 Å². The van der Waals surface area contributed by atoms with Crippen molar-refractivity contribution in [1.29, 1.82) is 0 Å². The highest BCUT2D eigenvalue weighted by atomic mass is 32.2. The summed E-state index contributed by atoms with van der Waals surface area (Å²) in [5, 5.41) is 9.06. The van der Waals surface area contributed by atoms with E-state index in [0.717, 1.165) is 6.07 Å². The van der Waals surface area contributed by atoms with Gasteiger partial charge >= 0.3 is 5.97 Å². The molecule has 7 heteroatoms. The molecule has 0 unspecified atom stereocenters. The number of nitrogens with one attached hydrogen (secondary N) is 1. The highest BCUT2D eigenvalue weighted by molar-refractivity contribution is 7.92. The first kappa shape index (κ1) is 16.0. The van der Waals surface area contributed by atoms with Crippen molar-refractivity contribution >= 4 is 21.7 Å². The Kier molecular flexibility index (Phi) is 4.18. The molecule has 0 fully saturated rings. The Bertz CT molecular complexity index is 847. The summed E-state index contributed by atoms with van der Waals surface area (Å²) >= 11 is 0. The fourth-order valence-corrected chi connectivity index (χ4v) is 3.42. The number of hydrogen-bond donors (Lipinski definition) is 2. The van der Waals surface area contributed by atoms with Gasteiger partial charge in [-0.05, 0) is 49.2 Å². The van der Waals surface area contributed by atoms with Gasteiger partial charge in [-0.15, -0.1) is 0 Å². The van der Waals surface area contributed by atoms with Gasteiger partial charge in [-0.3, -0.25) is 4.72 Å². The summed E-state index contributed by atoms with van der Waals surface area (Å²) < 4.78 is 40.4. The summed E-state index contributed by atoms with van der Waals surface area (Å²) in [6.45, 7) is 3.05. The molecular formula is C15H14FNO4S. The second-order valence-electron chi connectivity index (χ2n) is 4.80. The largest absolute Gasteiger partial charge is 0.478 e. The number of benzene rings is 2. The Hall–Kier alpha value is -2.41. The van der Waals surface area contributed by atoms with Crippen molar-refractivity contribution in [1.82, 2.24) is 0 Å². The van der Waals surface area contributed by atoms with Gasteiger partial charge in [0.25, 0.3) is 10.0 Å². The van der Waals surface area contributed by atoms with Crippen LogP contribution in [0.3, 0.4) is 0 Å². The molecule has 116 valence electrons. The predicted octanol–water partition coefficient (Wildman–Crippen LogP) is 2.94. The van der Waals surface area contributed by atoms with Crippen LogP contribution in [0, 0.1) is 19.7 Å². The maximum absolute atomic E-state index is 13.3. The van der Waals surface area contributed by atoms with E-state index in [1.807, 2.05) is 0 Å². The number of carboxylic acid groups (broad SMARTS) is 1. The third-order valence-corrected chi connectivity index (χ3v) is 4.76. The zero-order valence-electron chi connectivity index (χ0n) is 11.9. The predicted molar refractivity (Wildman–Crippen MR) is 80.1 cm³/mol. The van der Waals surface area contributed by atoms with Crippen molar-refractivity contribution in [3.8, 4) is 0 Å². The standard InChI is InChI=1S/C15H14FNO4S/c1-9-6-7-11(16)8-14(9)22(20,21)17-13-5-3-4-12(10(13)2)15(18)19/h3-8,17H,1-2H3,(H,18,19). The third-order valence-electron chi connectivity index (χ3n) is 3.25. The van der Waals surface area contributed by atoms with E-state index in [4.69, 9.17) is 5.11 Å². The molecule has 0 radical (unpaired) electrons. The number of sulfonamides is 1. The minimum atomic E-state index is -4.01. The van der Waals surface area contributed by atoms with E-state index in [2.05, 4.69) is 4.72 Å². The molecule has 0 aliphatic heterocycles. The molecule has 0 atom stereocenters. The fourth-order valence-electron chi connectivity index (χ4n) is 2.04. The van der Waals surface area contributed by atoms with E-state index in [9.17, 15) is 17.6 Å². The van der Waals surface area contributed by atoms with Crippen molar-refractivity contribution in [2.75, 3.05) is 4.72 Å². The average Bonchev–Trinajstić information content (AvgIpc) is 2.43. The molecule has 2 aromatic rings. The molecule has 0 spiro atoms. The third kappa shape index (κ3) is 3.09. The van der Waals surface area contributed by atoms with Crippen LogP contribution in [0.25, 0.3) is 0 Å². The van der Waals surface area contributed by atoms with Crippen LogP contribution < -0.4 is 4.72 Å². The first-order valence-corrected chi connectivity index (χ1v) is 7.82. The molecule has 0 aromatic heterocycles. The number of carbonyl (C=O) groups is 1. The minimum Gasteiger partial charge on any atom is -0.478 e. The van der Waals surface area contributed by atoms with E-state index in [0.29, 0.717) is 5.56 Å². The minimum absolute atomic E-state index is 0.00355. The fraction of sp³-hybridized carbons (Fsp3) is 0.133. The molecule has 2 N–H and O–H groups in total. The summed E-state index contributed by atoms with van der Waals surface area (Å²) in [6.07, 6.45) is 0. The Morgan fingerprint density at radius 1 is 1.18 bits per heavy atom. The SMILES string of the molecule is Cc1ccc(F)cc1S(=O)(=O)Nc1cccc(C(=O)O)c1C. The molecule has 0 amide bonds. The highest BCUT2D eigenvalue weighted by Gasteiger charge is 2.20. The number of halogens is 1. The van der Waals surface area contributed by atoms with Crippen LogP contribution in [0.5, 0.6) is 0 Å². The lowest BCUT2D eigenvalue weighted by Gasteiger charge is -2.13. The zero-order valence-corrected chi connectivity index (χ0v) is 12.7. The topological polar surface area (TPSA) is 83.5 Å².